The van der Waals surface area contributed by atoms with E-state index in [1.54, 1.807) is 18.7 Å². The van der Waals surface area contributed by atoms with Crippen LogP contribution in [-0.2, 0) is 0 Å². The van der Waals surface area contributed by atoms with Crippen molar-refractivity contribution < 1.29 is 9.47 Å². The predicted octanol–water partition coefficient (Wildman–Crippen LogP) is 3.54. The first kappa shape index (κ1) is 14.6. The molecule has 4 rings (SSSR count). The van der Waals surface area contributed by atoms with Crippen molar-refractivity contribution in [2.75, 3.05) is 14.2 Å². The normalized spacial score (nSPS) is 10.9. The Morgan fingerprint density at radius 3 is 2.42 bits per heavy atom. The first-order chi connectivity index (χ1) is 11.8. The summed E-state index contributed by atoms with van der Waals surface area (Å²) in [4.78, 5) is 0.749. The Hall–Kier alpha value is -2.93. The van der Waals surface area contributed by atoms with Crippen LogP contribution in [0, 0.1) is 0 Å². The van der Waals surface area contributed by atoms with Gasteiger partial charge in [-0.05, 0) is 36.4 Å². The summed E-state index contributed by atoms with van der Waals surface area (Å²) in [7, 11) is 3.30. The first-order valence-electron chi connectivity index (χ1n) is 7.29. The SMILES string of the molecule is COc1ccc(-c2nnc3sc(-c4cccc(OC)c4)nn23)cc1. The van der Waals surface area contributed by atoms with Gasteiger partial charge >= 0.3 is 0 Å². The lowest BCUT2D eigenvalue weighted by Crippen LogP contribution is -1.91. The summed E-state index contributed by atoms with van der Waals surface area (Å²) in [5.74, 6) is 2.31. The number of methoxy groups -OCH3 is 2. The molecule has 0 aliphatic carbocycles. The van der Waals surface area contributed by atoms with Gasteiger partial charge in [0.2, 0.25) is 4.96 Å². The maximum atomic E-state index is 5.28. The molecule has 2 aromatic heterocycles. The average Bonchev–Trinajstić information content (AvgIpc) is 3.22. The molecule has 6 nitrogen and oxygen atoms in total. The van der Waals surface area contributed by atoms with E-state index in [2.05, 4.69) is 15.3 Å². The second kappa shape index (κ2) is 5.93. The van der Waals surface area contributed by atoms with Crippen LogP contribution < -0.4 is 9.47 Å². The summed E-state index contributed by atoms with van der Waals surface area (Å²) in [6, 6.07) is 15.5. The fourth-order valence-electron chi connectivity index (χ4n) is 2.41. The van der Waals surface area contributed by atoms with Gasteiger partial charge in [-0.15, -0.1) is 10.2 Å². The van der Waals surface area contributed by atoms with Crippen molar-refractivity contribution in [2.24, 2.45) is 0 Å². The van der Waals surface area contributed by atoms with Crippen molar-refractivity contribution in [2.45, 2.75) is 0 Å². The van der Waals surface area contributed by atoms with Crippen LogP contribution in [0.2, 0.25) is 0 Å². The molecule has 0 saturated heterocycles. The zero-order chi connectivity index (χ0) is 16.5. The summed E-state index contributed by atoms with van der Waals surface area (Å²) in [6.45, 7) is 0. The van der Waals surface area contributed by atoms with Gasteiger partial charge in [0.05, 0.1) is 14.2 Å². The molecule has 2 heterocycles. The molecule has 4 aromatic rings. The summed E-state index contributed by atoms with van der Waals surface area (Å²) >= 11 is 1.49. The number of fused-ring (bicyclic) bond motifs is 1. The van der Waals surface area contributed by atoms with Crippen molar-refractivity contribution >= 4 is 16.3 Å². The molecule has 0 saturated carbocycles. The van der Waals surface area contributed by atoms with E-state index >= 15 is 0 Å². The predicted molar refractivity (Wildman–Crippen MR) is 92.6 cm³/mol. The lowest BCUT2D eigenvalue weighted by atomic mass is 10.2. The summed E-state index contributed by atoms with van der Waals surface area (Å²) in [5, 5.41) is 14.0. The quantitative estimate of drug-likeness (QED) is 0.569. The number of nitrogens with zero attached hydrogens (tertiary/aromatic N) is 4. The van der Waals surface area contributed by atoms with Crippen molar-refractivity contribution in [3.05, 3.63) is 48.5 Å². The van der Waals surface area contributed by atoms with Crippen LogP contribution in [0.4, 0.5) is 0 Å². The molecule has 0 radical (unpaired) electrons. The van der Waals surface area contributed by atoms with Gasteiger partial charge in [-0.25, -0.2) is 0 Å². The summed E-state index contributed by atoms with van der Waals surface area (Å²) in [6.07, 6.45) is 0. The lowest BCUT2D eigenvalue weighted by Gasteiger charge is -2.01. The average molecular weight is 338 g/mol. The molecule has 0 atom stereocenters. The highest BCUT2D eigenvalue weighted by Crippen LogP contribution is 2.30. The molecular formula is C17H14N4O2S. The minimum Gasteiger partial charge on any atom is -0.497 e. The molecule has 24 heavy (non-hydrogen) atoms. The van der Waals surface area contributed by atoms with Gasteiger partial charge in [-0.1, -0.05) is 23.5 Å². The highest BCUT2D eigenvalue weighted by atomic mass is 32.1. The van der Waals surface area contributed by atoms with Gasteiger partial charge in [-0.2, -0.15) is 9.61 Å². The van der Waals surface area contributed by atoms with E-state index in [1.807, 2.05) is 48.5 Å². The highest BCUT2D eigenvalue weighted by molar-refractivity contribution is 7.19. The Labute approximate surface area is 142 Å². The molecule has 0 N–H and O–H groups in total. The van der Waals surface area contributed by atoms with E-state index in [4.69, 9.17) is 9.47 Å². The van der Waals surface area contributed by atoms with Crippen molar-refractivity contribution in [1.82, 2.24) is 19.8 Å². The second-order valence-corrected chi connectivity index (χ2v) is 6.04. The van der Waals surface area contributed by atoms with Gasteiger partial charge in [0, 0.05) is 11.1 Å². The summed E-state index contributed by atoms with van der Waals surface area (Å²) in [5.41, 5.74) is 1.93. The van der Waals surface area contributed by atoms with Gasteiger partial charge in [0.1, 0.15) is 16.5 Å². The molecular weight excluding hydrogens is 324 g/mol. The van der Waals surface area contributed by atoms with Crippen molar-refractivity contribution in [3.63, 3.8) is 0 Å². The van der Waals surface area contributed by atoms with E-state index in [1.165, 1.54) is 11.3 Å². The van der Waals surface area contributed by atoms with Crippen LogP contribution in [0.25, 0.3) is 26.9 Å². The largest absolute Gasteiger partial charge is 0.497 e. The fraction of sp³-hybridized carbons (Fsp3) is 0.118. The molecule has 2 aromatic carbocycles. The minimum atomic E-state index is 0.707. The van der Waals surface area contributed by atoms with E-state index in [9.17, 15) is 0 Å². The van der Waals surface area contributed by atoms with Crippen molar-refractivity contribution in [3.8, 4) is 33.5 Å². The van der Waals surface area contributed by atoms with E-state index in [0.717, 1.165) is 32.6 Å². The van der Waals surface area contributed by atoms with Gasteiger partial charge in [0.25, 0.3) is 0 Å². The van der Waals surface area contributed by atoms with Crippen LogP contribution in [0.5, 0.6) is 11.5 Å². The maximum Gasteiger partial charge on any atom is 0.235 e. The molecule has 0 fully saturated rings. The van der Waals surface area contributed by atoms with Crippen LogP contribution in [-0.4, -0.2) is 34.0 Å². The third-order valence-electron chi connectivity index (χ3n) is 3.66. The molecule has 0 aliphatic rings. The third kappa shape index (κ3) is 2.48. The Kier molecular flexibility index (Phi) is 3.62. The number of ether oxygens (including phenoxy) is 2. The van der Waals surface area contributed by atoms with Gasteiger partial charge in [0.15, 0.2) is 5.82 Å². The molecule has 0 spiro atoms. The molecule has 0 aliphatic heterocycles. The molecule has 120 valence electrons. The minimum absolute atomic E-state index is 0.707. The van der Waals surface area contributed by atoms with E-state index < -0.39 is 0 Å². The number of aromatic nitrogens is 4. The van der Waals surface area contributed by atoms with Crippen LogP contribution in [0.3, 0.4) is 0 Å². The number of hydrogen-bond acceptors (Lipinski definition) is 6. The number of hydrogen-bond donors (Lipinski definition) is 0. The van der Waals surface area contributed by atoms with Crippen LogP contribution >= 0.6 is 11.3 Å². The zero-order valence-electron chi connectivity index (χ0n) is 13.1. The standard InChI is InChI=1S/C17H14N4O2S/c1-22-13-8-6-11(7-9-13)15-18-19-17-21(15)20-16(24-17)12-4-3-5-14(10-12)23-2/h3-10H,1-2H3. The van der Waals surface area contributed by atoms with Crippen LogP contribution in [0.1, 0.15) is 0 Å². The maximum absolute atomic E-state index is 5.28. The van der Waals surface area contributed by atoms with E-state index in [-0.39, 0.29) is 0 Å². The lowest BCUT2D eigenvalue weighted by molar-refractivity contribution is 0.415. The monoisotopic (exact) mass is 338 g/mol. The number of rotatable bonds is 4. The zero-order valence-corrected chi connectivity index (χ0v) is 13.9. The molecule has 0 bridgehead atoms. The molecule has 7 heteroatoms. The first-order valence-corrected chi connectivity index (χ1v) is 8.11. The summed E-state index contributed by atoms with van der Waals surface area (Å²) < 4.78 is 12.2. The topological polar surface area (TPSA) is 61.5 Å². The Morgan fingerprint density at radius 1 is 0.875 bits per heavy atom. The second-order valence-electron chi connectivity index (χ2n) is 5.09. The number of benzene rings is 2. The highest BCUT2D eigenvalue weighted by Gasteiger charge is 2.14. The van der Waals surface area contributed by atoms with Crippen LogP contribution in [0.15, 0.2) is 48.5 Å². The third-order valence-corrected chi connectivity index (χ3v) is 4.60. The Bertz CT molecular complexity index is 991. The van der Waals surface area contributed by atoms with Gasteiger partial charge < -0.3 is 9.47 Å². The smallest absolute Gasteiger partial charge is 0.235 e. The van der Waals surface area contributed by atoms with Crippen molar-refractivity contribution in [1.29, 1.82) is 0 Å². The fourth-order valence-corrected chi connectivity index (χ4v) is 3.25. The molecule has 0 unspecified atom stereocenters. The Balaban J connectivity index is 1.77. The van der Waals surface area contributed by atoms with E-state index in [0.29, 0.717) is 5.82 Å². The Morgan fingerprint density at radius 2 is 1.67 bits per heavy atom. The van der Waals surface area contributed by atoms with Gasteiger partial charge in [-0.3, -0.25) is 0 Å². The molecule has 0 amide bonds.